The van der Waals surface area contributed by atoms with Gasteiger partial charge in [-0.05, 0) is 50.4 Å². The van der Waals surface area contributed by atoms with Gasteiger partial charge in [0.2, 0.25) is 0 Å². The Morgan fingerprint density at radius 1 is 1.42 bits per heavy atom. The van der Waals surface area contributed by atoms with Crippen molar-refractivity contribution in [3.05, 3.63) is 29.8 Å². The lowest BCUT2D eigenvalue weighted by Crippen LogP contribution is -2.21. The average Bonchev–Trinajstić information content (AvgIpc) is 2.47. The Morgan fingerprint density at radius 3 is 3.05 bits per heavy atom. The van der Waals surface area contributed by atoms with Gasteiger partial charge in [-0.3, -0.25) is 0 Å². The highest BCUT2D eigenvalue weighted by Gasteiger charge is 2.14. The summed E-state index contributed by atoms with van der Waals surface area (Å²) in [5.41, 5.74) is 1.37. The molecule has 1 heterocycles. The summed E-state index contributed by atoms with van der Waals surface area (Å²) in [5, 5.41) is 3.46. The molecule has 1 N–H and O–H groups in total. The summed E-state index contributed by atoms with van der Waals surface area (Å²) in [5.74, 6) is 1.08. The van der Waals surface area contributed by atoms with Gasteiger partial charge in [0.05, 0.1) is 6.10 Å². The number of thioether (sulfide) groups is 1. The van der Waals surface area contributed by atoms with Crippen molar-refractivity contribution in [1.82, 2.24) is 5.32 Å². The molecule has 0 amide bonds. The number of hydrogen-bond acceptors (Lipinski definition) is 3. The first-order valence-electron chi connectivity index (χ1n) is 7.37. The Balaban J connectivity index is 1.87. The zero-order valence-electron chi connectivity index (χ0n) is 12.0. The zero-order valence-corrected chi connectivity index (χ0v) is 12.8. The van der Waals surface area contributed by atoms with Crippen LogP contribution in [0, 0.1) is 0 Å². The number of hydrogen-bond donors (Lipinski definition) is 1. The molecule has 0 bridgehead atoms. The second-order valence-corrected chi connectivity index (χ2v) is 6.24. The van der Waals surface area contributed by atoms with Crippen LogP contribution in [0.5, 0.6) is 0 Å². The summed E-state index contributed by atoms with van der Waals surface area (Å²) in [6.07, 6.45) is 4.23. The molecule has 1 aromatic rings. The maximum absolute atomic E-state index is 5.78. The molecule has 0 spiro atoms. The molecular formula is C16H25NOS. The van der Waals surface area contributed by atoms with E-state index in [1.54, 1.807) is 0 Å². The molecule has 2 unspecified atom stereocenters. The number of nitrogens with one attached hydrogen (secondary N) is 1. The third-order valence-corrected chi connectivity index (χ3v) is 4.70. The van der Waals surface area contributed by atoms with Gasteiger partial charge >= 0.3 is 0 Å². The highest BCUT2D eigenvalue weighted by atomic mass is 32.2. The molecule has 0 saturated carbocycles. The SMILES string of the molecule is CCNC(C)c1cccc(SCC2CCCCO2)c1. The van der Waals surface area contributed by atoms with E-state index in [2.05, 4.69) is 43.4 Å². The lowest BCUT2D eigenvalue weighted by Gasteiger charge is -2.22. The maximum Gasteiger partial charge on any atom is 0.0669 e. The molecule has 2 nitrogen and oxygen atoms in total. The minimum absolute atomic E-state index is 0.427. The molecule has 1 aromatic carbocycles. The van der Waals surface area contributed by atoms with Crippen molar-refractivity contribution in [2.75, 3.05) is 18.9 Å². The van der Waals surface area contributed by atoms with Crippen molar-refractivity contribution < 1.29 is 4.74 Å². The van der Waals surface area contributed by atoms with Crippen LogP contribution in [0.3, 0.4) is 0 Å². The Kier molecular flexibility index (Phi) is 6.21. The van der Waals surface area contributed by atoms with E-state index in [1.807, 2.05) is 11.8 Å². The minimum Gasteiger partial charge on any atom is -0.377 e. The van der Waals surface area contributed by atoms with E-state index in [0.29, 0.717) is 12.1 Å². The van der Waals surface area contributed by atoms with Crippen molar-refractivity contribution in [3.8, 4) is 0 Å². The van der Waals surface area contributed by atoms with Crippen molar-refractivity contribution >= 4 is 11.8 Å². The molecule has 1 aliphatic rings. The zero-order chi connectivity index (χ0) is 13.5. The van der Waals surface area contributed by atoms with E-state index in [9.17, 15) is 0 Å². The predicted octanol–water partition coefficient (Wildman–Crippen LogP) is 4.02. The Hall–Kier alpha value is -0.510. The van der Waals surface area contributed by atoms with Crippen molar-refractivity contribution in [1.29, 1.82) is 0 Å². The quantitative estimate of drug-likeness (QED) is 0.795. The van der Waals surface area contributed by atoms with Gasteiger partial charge in [-0.2, -0.15) is 0 Å². The Labute approximate surface area is 121 Å². The predicted molar refractivity (Wildman–Crippen MR) is 82.8 cm³/mol. The second kappa shape index (κ2) is 7.93. The fraction of sp³-hybridized carbons (Fsp3) is 0.625. The number of ether oxygens (including phenoxy) is 1. The molecular weight excluding hydrogens is 254 g/mol. The van der Waals surface area contributed by atoms with Crippen LogP contribution in [0.25, 0.3) is 0 Å². The van der Waals surface area contributed by atoms with E-state index in [1.165, 1.54) is 29.7 Å². The van der Waals surface area contributed by atoms with Gasteiger partial charge in [0.15, 0.2) is 0 Å². The van der Waals surface area contributed by atoms with Crippen LogP contribution in [0.2, 0.25) is 0 Å². The van der Waals surface area contributed by atoms with Crippen molar-refractivity contribution in [2.24, 2.45) is 0 Å². The van der Waals surface area contributed by atoms with E-state index >= 15 is 0 Å². The first kappa shape index (κ1) is 14.9. The van der Waals surface area contributed by atoms with E-state index in [-0.39, 0.29) is 0 Å². The molecule has 0 aromatic heterocycles. The maximum atomic E-state index is 5.78. The van der Waals surface area contributed by atoms with Gasteiger partial charge in [0, 0.05) is 23.3 Å². The molecule has 0 aliphatic carbocycles. The number of benzene rings is 1. The smallest absolute Gasteiger partial charge is 0.0669 e. The van der Waals surface area contributed by atoms with Gasteiger partial charge in [-0.25, -0.2) is 0 Å². The van der Waals surface area contributed by atoms with Crippen molar-refractivity contribution in [2.45, 2.75) is 50.2 Å². The first-order valence-corrected chi connectivity index (χ1v) is 8.36. The summed E-state index contributed by atoms with van der Waals surface area (Å²) in [6, 6.07) is 9.30. The van der Waals surface area contributed by atoms with E-state index in [4.69, 9.17) is 4.74 Å². The lowest BCUT2D eigenvalue weighted by atomic mass is 10.1. The van der Waals surface area contributed by atoms with E-state index < -0.39 is 0 Å². The average molecular weight is 279 g/mol. The molecule has 2 rings (SSSR count). The standard InChI is InChI=1S/C16H25NOS/c1-3-17-13(2)14-7-6-9-16(11-14)19-12-15-8-4-5-10-18-15/h6-7,9,11,13,15,17H,3-5,8,10,12H2,1-2H3. The fourth-order valence-electron chi connectivity index (χ4n) is 2.43. The van der Waals surface area contributed by atoms with Crippen LogP contribution in [-0.4, -0.2) is 25.0 Å². The van der Waals surface area contributed by atoms with Gasteiger partial charge < -0.3 is 10.1 Å². The molecule has 0 radical (unpaired) electrons. The van der Waals surface area contributed by atoms with Crippen LogP contribution >= 0.6 is 11.8 Å². The molecule has 2 atom stereocenters. The lowest BCUT2D eigenvalue weighted by molar-refractivity contribution is 0.0315. The van der Waals surface area contributed by atoms with Gasteiger partial charge in [0.25, 0.3) is 0 Å². The topological polar surface area (TPSA) is 21.3 Å². The highest BCUT2D eigenvalue weighted by Crippen LogP contribution is 2.25. The van der Waals surface area contributed by atoms with Crippen LogP contribution in [0.4, 0.5) is 0 Å². The summed E-state index contributed by atoms with van der Waals surface area (Å²) in [6.45, 7) is 6.32. The van der Waals surface area contributed by atoms with Gasteiger partial charge in [-0.15, -0.1) is 11.8 Å². The fourth-order valence-corrected chi connectivity index (χ4v) is 3.46. The summed E-state index contributed by atoms with van der Waals surface area (Å²) in [4.78, 5) is 1.36. The monoisotopic (exact) mass is 279 g/mol. The normalized spacial score (nSPS) is 21.3. The molecule has 106 valence electrons. The number of rotatable bonds is 6. The highest BCUT2D eigenvalue weighted by molar-refractivity contribution is 7.99. The molecule has 1 saturated heterocycles. The molecule has 1 aliphatic heterocycles. The molecule has 3 heteroatoms. The second-order valence-electron chi connectivity index (χ2n) is 5.15. The minimum atomic E-state index is 0.427. The summed E-state index contributed by atoms with van der Waals surface area (Å²) in [7, 11) is 0. The van der Waals surface area contributed by atoms with Crippen LogP contribution in [0.1, 0.15) is 44.7 Å². The first-order chi connectivity index (χ1) is 9.29. The van der Waals surface area contributed by atoms with Crippen LogP contribution in [-0.2, 0) is 4.74 Å². The third kappa shape index (κ3) is 4.83. The molecule has 19 heavy (non-hydrogen) atoms. The summed E-state index contributed by atoms with van der Waals surface area (Å²) >= 11 is 1.92. The largest absolute Gasteiger partial charge is 0.377 e. The Bertz CT molecular complexity index is 377. The third-order valence-electron chi connectivity index (χ3n) is 3.58. The summed E-state index contributed by atoms with van der Waals surface area (Å²) < 4.78 is 5.78. The van der Waals surface area contributed by atoms with Gasteiger partial charge in [0.1, 0.15) is 0 Å². The van der Waals surface area contributed by atoms with Crippen molar-refractivity contribution in [3.63, 3.8) is 0 Å². The van der Waals surface area contributed by atoms with Crippen LogP contribution in [0.15, 0.2) is 29.2 Å². The Morgan fingerprint density at radius 2 is 2.32 bits per heavy atom. The van der Waals surface area contributed by atoms with Gasteiger partial charge in [-0.1, -0.05) is 19.1 Å². The molecule has 1 fully saturated rings. The van der Waals surface area contributed by atoms with E-state index in [0.717, 1.165) is 18.9 Å². The van der Waals surface area contributed by atoms with Crippen LogP contribution < -0.4 is 5.32 Å².